The van der Waals surface area contributed by atoms with Crippen LogP contribution in [0.3, 0.4) is 0 Å². The van der Waals surface area contributed by atoms with E-state index in [1.54, 1.807) is 19.9 Å². The molecule has 0 fully saturated rings. The van der Waals surface area contributed by atoms with Crippen molar-refractivity contribution in [2.24, 2.45) is 0 Å². The van der Waals surface area contributed by atoms with Crippen molar-refractivity contribution in [1.29, 1.82) is 5.26 Å². The van der Waals surface area contributed by atoms with Crippen molar-refractivity contribution in [2.75, 3.05) is 11.9 Å². The number of aryl methyl sites for hydroxylation is 2. The SMILES string of the molecule is CCOC(=O)c1sc(NC(=O)c2ccc(COc3ccc(C)c(C)c3)o2)c(C#N)c1C. The molecule has 3 rings (SSSR count). The summed E-state index contributed by atoms with van der Waals surface area (Å²) in [6, 6.07) is 11.0. The number of nitrogens with zero attached hydrogens (tertiary/aromatic N) is 1. The van der Waals surface area contributed by atoms with Gasteiger partial charge in [-0.05, 0) is 68.7 Å². The first-order valence-electron chi connectivity index (χ1n) is 9.64. The molecule has 0 bridgehead atoms. The number of ether oxygens (including phenoxy) is 2. The van der Waals surface area contributed by atoms with Gasteiger partial charge in [0.15, 0.2) is 5.76 Å². The molecule has 0 saturated carbocycles. The number of nitriles is 1. The Balaban J connectivity index is 1.70. The number of nitrogens with one attached hydrogen (secondary N) is 1. The van der Waals surface area contributed by atoms with Gasteiger partial charge in [0, 0.05) is 0 Å². The summed E-state index contributed by atoms with van der Waals surface area (Å²) in [5.41, 5.74) is 3.00. The number of hydrogen-bond donors (Lipinski definition) is 1. The van der Waals surface area contributed by atoms with Gasteiger partial charge in [-0.1, -0.05) is 6.07 Å². The highest BCUT2D eigenvalue weighted by Gasteiger charge is 2.23. The lowest BCUT2D eigenvalue weighted by atomic mass is 10.1. The molecule has 0 radical (unpaired) electrons. The summed E-state index contributed by atoms with van der Waals surface area (Å²) in [6.45, 7) is 7.77. The molecule has 1 N–H and O–H groups in total. The fourth-order valence-electron chi connectivity index (χ4n) is 2.83. The fraction of sp³-hybridized carbons (Fsp3) is 0.261. The predicted octanol–water partition coefficient (Wildman–Crippen LogP) is 5.15. The molecule has 160 valence electrons. The van der Waals surface area contributed by atoms with Gasteiger partial charge in [0.1, 0.15) is 34.1 Å². The highest BCUT2D eigenvalue weighted by molar-refractivity contribution is 7.18. The minimum absolute atomic E-state index is 0.0753. The van der Waals surface area contributed by atoms with Crippen LogP contribution in [0.25, 0.3) is 0 Å². The minimum atomic E-state index is -0.523. The van der Waals surface area contributed by atoms with E-state index in [1.807, 2.05) is 38.1 Å². The number of carbonyl (C=O) groups is 2. The minimum Gasteiger partial charge on any atom is -0.486 e. The van der Waals surface area contributed by atoms with Crippen molar-refractivity contribution in [3.05, 3.63) is 69.0 Å². The fourth-order valence-corrected chi connectivity index (χ4v) is 3.87. The van der Waals surface area contributed by atoms with Gasteiger partial charge < -0.3 is 19.2 Å². The van der Waals surface area contributed by atoms with Crippen LogP contribution < -0.4 is 10.1 Å². The average Bonchev–Trinajstić information content (AvgIpc) is 3.33. The average molecular weight is 439 g/mol. The summed E-state index contributed by atoms with van der Waals surface area (Å²) in [4.78, 5) is 25.0. The smallest absolute Gasteiger partial charge is 0.348 e. The van der Waals surface area contributed by atoms with Gasteiger partial charge in [0.25, 0.3) is 5.91 Å². The van der Waals surface area contributed by atoms with Gasteiger partial charge in [-0.25, -0.2) is 4.79 Å². The molecule has 2 heterocycles. The van der Waals surface area contributed by atoms with E-state index < -0.39 is 11.9 Å². The molecule has 0 saturated heterocycles. The number of hydrogen-bond acceptors (Lipinski definition) is 7. The first-order valence-corrected chi connectivity index (χ1v) is 10.5. The van der Waals surface area contributed by atoms with Crippen LogP contribution >= 0.6 is 11.3 Å². The Morgan fingerprint density at radius 3 is 2.61 bits per heavy atom. The second-order valence-corrected chi connectivity index (χ2v) is 7.87. The van der Waals surface area contributed by atoms with E-state index in [0.717, 1.165) is 16.9 Å². The molecule has 1 amide bonds. The monoisotopic (exact) mass is 438 g/mol. The van der Waals surface area contributed by atoms with Gasteiger partial charge >= 0.3 is 5.97 Å². The summed E-state index contributed by atoms with van der Waals surface area (Å²) in [5, 5.41) is 12.4. The first kappa shape index (κ1) is 22.1. The van der Waals surface area contributed by atoms with Crippen LogP contribution in [-0.4, -0.2) is 18.5 Å². The predicted molar refractivity (Wildman–Crippen MR) is 117 cm³/mol. The number of thiophene rings is 1. The number of anilines is 1. The number of amides is 1. The third-order valence-corrected chi connectivity index (χ3v) is 5.88. The molecule has 0 spiro atoms. The van der Waals surface area contributed by atoms with Crippen LogP contribution in [0.5, 0.6) is 5.75 Å². The van der Waals surface area contributed by atoms with Crippen molar-refractivity contribution in [2.45, 2.75) is 34.3 Å². The molecule has 7 nitrogen and oxygen atoms in total. The van der Waals surface area contributed by atoms with Gasteiger partial charge in [-0.15, -0.1) is 11.3 Å². The van der Waals surface area contributed by atoms with Crippen molar-refractivity contribution in [1.82, 2.24) is 0 Å². The van der Waals surface area contributed by atoms with Crippen LogP contribution in [0.2, 0.25) is 0 Å². The zero-order valence-corrected chi connectivity index (χ0v) is 18.5. The van der Waals surface area contributed by atoms with Crippen molar-refractivity contribution < 1.29 is 23.5 Å². The highest BCUT2D eigenvalue weighted by atomic mass is 32.1. The number of furan rings is 1. The van der Waals surface area contributed by atoms with E-state index in [4.69, 9.17) is 13.9 Å². The first-order chi connectivity index (χ1) is 14.8. The Kier molecular flexibility index (Phi) is 6.78. The largest absolute Gasteiger partial charge is 0.486 e. The molecule has 0 aliphatic heterocycles. The summed E-state index contributed by atoms with van der Waals surface area (Å²) in [6.07, 6.45) is 0. The van der Waals surface area contributed by atoms with Crippen LogP contribution in [-0.2, 0) is 11.3 Å². The maximum atomic E-state index is 12.6. The zero-order valence-electron chi connectivity index (χ0n) is 17.7. The number of benzene rings is 1. The second-order valence-electron chi connectivity index (χ2n) is 6.85. The lowest BCUT2D eigenvalue weighted by molar-refractivity contribution is 0.0531. The van der Waals surface area contributed by atoms with E-state index in [2.05, 4.69) is 5.32 Å². The van der Waals surface area contributed by atoms with Crippen LogP contribution in [0.1, 0.15) is 55.2 Å². The highest BCUT2D eigenvalue weighted by Crippen LogP contribution is 2.33. The Morgan fingerprint density at radius 2 is 1.94 bits per heavy atom. The molecule has 0 aliphatic carbocycles. The molecule has 0 atom stereocenters. The van der Waals surface area contributed by atoms with Gasteiger partial charge in [-0.3, -0.25) is 4.79 Å². The lowest BCUT2D eigenvalue weighted by Gasteiger charge is -2.07. The lowest BCUT2D eigenvalue weighted by Crippen LogP contribution is -2.10. The summed E-state index contributed by atoms with van der Waals surface area (Å²) in [7, 11) is 0. The molecular formula is C23H22N2O5S. The third kappa shape index (κ3) is 4.95. The normalized spacial score (nSPS) is 10.4. The zero-order chi connectivity index (χ0) is 22.5. The van der Waals surface area contributed by atoms with E-state index in [0.29, 0.717) is 17.1 Å². The van der Waals surface area contributed by atoms with Gasteiger partial charge in [-0.2, -0.15) is 5.26 Å². The van der Waals surface area contributed by atoms with Crippen LogP contribution in [0, 0.1) is 32.1 Å². The van der Waals surface area contributed by atoms with Crippen LogP contribution in [0.4, 0.5) is 5.00 Å². The summed E-state index contributed by atoms with van der Waals surface area (Å²) >= 11 is 1.00. The Hall–Kier alpha value is -3.57. The van der Waals surface area contributed by atoms with Crippen molar-refractivity contribution in [3.63, 3.8) is 0 Å². The quantitative estimate of drug-likeness (QED) is 0.512. The molecular weight excluding hydrogens is 416 g/mol. The summed E-state index contributed by atoms with van der Waals surface area (Å²) < 4.78 is 16.3. The molecule has 2 aromatic heterocycles. The molecule has 1 aromatic carbocycles. The number of esters is 1. The van der Waals surface area contributed by atoms with Gasteiger partial charge in [0.05, 0.1) is 12.2 Å². The van der Waals surface area contributed by atoms with Crippen molar-refractivity contribution in [3.8, 4) is 11.8 Å². The Bertz CT molecular complexity index is 1170. The standard InChI is InChI=1S/C23H22N2O5S/c1-5-28-23(27)20-15(4)18(11-24)22(31-20)25-21(26)19-9-8-17(30-19)12-29-16-7-6-13(2)14(3)10-16/h6-10H,5,12H2,1-4H3,(H,25,26). The van der Waals surface area contributed by atoms with E-state index in [9.17, 15) is 14.9 Å². The van der Waals surface area contributed by atoms with Crippen molar-refractivity contribution >= 4 is 28.2 Å². The second kappa shape index (κ2) is 9.49. The number of carbonyl (C=O) groups excluding carboxylic acids is 2. The maximum absolute atomic E-state index is 12.6. The van der Waals surface area contributed by atoms with E-state index in [-0.39, 0.29) is 34.4 Å². The van der Waals surface area contributed by atoms with E-state index in [1.165, 1.54) is 11.6 Å². The molecule has 3 aromatic rings. The molecule has 8 heteroatoms. The van der Waals surface area contributed by atoms with Crippen LogP contribution in [0.15, 0.2) is 34.7 Å². The Labute approximate surface area is 184 Å². The topological polar surface area (TPSA) is 102 Å². The number of rotatable bonds is 7. The maximum Gasteiger partial charge on any atom is 0.348 e. The molecule has 0 aliphatic rings. The third-order valence-electron chi connectivity index (χ3n) is 4.69. The molecule has 31 heavy (non-hydrogen) atoms. The molecule has 0 unspecified atom stereocenters. The Morgan fingerprint density at radius 1 is 1.16 bits per heavy atom. The van der Waals surface area contributed by atoms with Gasteiger partial charge in [0.2, 0.25) is 0 Å². The summed E-state index contributed by atoms with van der Waals surface area (Å²) in [5.74, 6) is 0.228. The van der Waals surface area contributed by atoms with E-state index >= 15 is 0 Å².